The Labute approximate surface area is 167 Å². The largest absolute Gasteiger partial charge is 0.325 e. The molecule has 3 amide bonds. The Balaban J connectivity index is 1.69. The van der Waals surface area contributed by atoms with Gasteiger partial charge in [0.15, 0.2) is 0 Å². The molecule has 0 radical (unpaired) electrons. The fourth-order valence-corrected chi connectivity index (χ4v) is 4.00. The fraction of sp³-hybridized carbons (Fsp3) is 0.444. The fourth-order valence-electron chi connectivity index (χ4n) is 3.00. The number of anilines is 2. The van der Waals surface area contributed by atoms with E-state index in [9.17, 15) is 9.59 Å². The predicted molar refractivity (Wildman–Crippen MR) is 108 cm³/mol. The molecule has 1 aromatic carbocycles. The lowest BCUT2D eigenvalue weighted by Gasteiger charge is -2.17. The Bertz CT molecular complexity index is 852. The summed E-state index contributed by atoms with van der Waals surface area (Å²) in [6.45, 7) is 7.54. The second kappa shape index (κ2) is 8.22. The van der Waals surface area contributed by atoms with Gasteiger partial charge in [0.05, 0.1) is 0 Å². The number of carbonyl (C=O) groups is 2. The van der Waals surface area contributed by atoms with Crippen molar-refractivity contribution in [2.24, 2.45) is 0 Å². The first-order chi connectivity index (χ1) is 12.9. The van der Waals surface area contributed by atoms with Gasteiger partial charge in [0.1, 0.15) is 5.01 Å². The van der Waals surface area contributed by atoms with Gasteiger partial charge in [-0.2, -0.15) is 0 Å². The Morgan fingerprint density at radius 3 is 2.78 bits per heavy atom. The number of amides is 3. The van der Waals surface area contributed by atoms with Gasteiger partial charge in [-0.3, -0.25) is 10.1 Å². The van der Waals surface area contributed by atoms with Crippen LogP contribution in [0.2, 0.25) is 5.02 Å². The van der Waals surface area contributed by atoms with Gasteiger partial charge in [0, 0.05) is 42.7 Å². The van der Waals surface area contributed by atoms with E-state index in [2.05, 4.69) is 15.5 Å². The lowest BCUT2D eigenvalue weighted by Crippen LogP contribution is -2.34. The summed E-state index contributed by atoms with van der Waals surface area (Å²) >= 11 is 7.51. The Morgan fingerprint density at radius 2 is 2.11 bits per heavy atom. The van der Waals surface area contributed by atoms with Crippen molar-refractivity contribution < 1.29 is 9.59 Å². The highest BCUT2D eigenvalue weighted by Gasteiger charge is 2.34. The molecule has 1 fully saturated rings. The third-order valence-electron chi connectivity index (χ3n) is 4.65. The van der Waals surface area contributed by atoms with E-state index in [1.54, 1.807) is 9.80 Å². The predicted octanol–water partition coefficient (Wildman–Crippen LogP) is 3.89. The third-order valence-corrected chi connectivity index (χ3v) is 6.05. The molecule has 9 heteroatoms. The number of hydrogen-bond donors (Lipinski definition) is 1. The van der Waals surface area contributed by atoms with Crippen LogP contribution in [0.3, 0.4) is 0 Å². The molecule has 0 saturated carbocycles. The van der Waals surface area contributed by atoms with Gasteiger partial charge < -0.3 is 9.80 Å². The summed E-state index contributed by atoms with van der Waals surface area (Å²) in [7, 11) is 0. The number of nitrogens with one attached hydrogen (secondary N) is 1. The molecule has 1 saturated heterocycles. The molecule has 0 bridgehead atoms. The van der Waals surface area contributed by atoms with Gasteiger partial charge in [-0.15, -0.1) is 10.2 Å². The monoisotopic (exact) mass is 407 g/mol. The minimum atomic E-state index is -0.193. The van der Waals surface area contributed by atoms with Crippen LogP contribution < -0.4 is 10.2 Å². The number of urea groups is 1. The number of aryl methyl sites for hydroxylation is 1. The summed E-state index contributed by atoms with van der Waals surface area (Å²) in [6.07, 6.45) is 0.365. The molecule has 0 spiro atoms. The second-order valence-corrected chi connectivity index (χ2v) is 7.80. The summed E-state index contributed by atoms with van der Waals surface area (Å²) in [5.74, 6) is -0.0157. The third kappa shape index (κ3) is 4.22. The normalized spacial score (nSPS) is 16.7. The van der Waals surface area contributed by atoms with Crippen LogP contribution in [-0.2, 0) is 4.79 Å². The van der Waals surface area contributed by atoms with Crippen LogP contribution in [-0.4, -0.2) is 46.7 Å². The molecular formula is C18H22ClN5O2S. The maximum atomic E-state index is 12.5. The van der Waals surface area contributed by atoms with Gasteiger partial charge >= 0.3 is 6.03 Å². The van der Waals surface area contributed by atoms with Crippen molar-refractivity contribution in [3.63, 3.8) is 0 Å². The molecular weight excluding hydrogens is 386 g/mol. The highest BCUT2D eigenvalue weighted by molar-refractivity contribution is 7.15. The van der Waals surface area contributed by atoms with E-state index in [1.807, 2.05) is 39.0 Å². The Kier molecular flexibility index (Phi) is 5.96. The minimum Gasteiger partial charge on any atom is -0.325 e. The number of nitrogens with zero attached hydrogens (tertiary/aromatic N) is 4. The molecule has 3 rings (SSSR count). The van der Waals surface area contributed by atoms with E-state index in [-0.39, 0.29) is 17.9 Å². The maximum absolute atomic E-state index is 12.5. The topological polar surface area (TPSA) is 78.4 Å². The molecule has 7 nitrogen and oxygen atoms in total. The van der Waals surface area contributed by atoms with Crippen molar-refractivity contribution in [3.05, 3.63) is 33.8 Å². The zero-order valence-corrected chi connectivity index (χ0v) is 17.1. The van der Waals surface area contributed by atoms with Crippen LogP contribution in [0.1, 0.15) is 36.8 Å². The van der Waals surface area contributed by atoms with E-state index in [4.69, 9.17) is 11.6 Å². The lowest BCUT2D eigenvalue weighted by atomic mass is 10.1. The molecule has 1 atom stereocenters. The molecule has 1 unspecified atom stereocenters. The first kappa shape index (κ1) is 19.6. The quantitative estimate of drug-likeness (QED) is 0.815. The Hall–Kier alpha value is -2.19. The van der Waals surface area contributed by atoms with Gasteiger partial charge in [-0.1, -0.05) is 29.0 Å². The molecule has 1 N–H and O–H groups in total. The van der Waals surface area contributed by atoms with E-state index in [0.717, 1.165) is 16.3 Å². The van der Waals surface area contributed by atoms with Crippen LogP contribution in [0.4, 0.5) is 15.6 Å². The van der Waals surface area contributed by atoms with Crippen LogP contribution in [0.5, 0.6) is 0 Å². The number of hydrogen-bond acceptors (Lipinski definition) is 5. The molecule has 0 aliphatic carbocycles. The van der Waals surface area contributed by atoms with Crippen LogP contribution in [0, 0.1) is 6.92 Å². The van der Waals surface area contributed by atoms with E-state index in [1.165, 1.54) is 11.3 Å². The van der Waals surface area contributed by atoms with Crippen LogP contribution in [0.15, 0.2) is 18.2 Å². The number of rotatable bonds is 5. The smallest absolute Gasteiger partial charge is 0.323 e. The van der Waals surface area contributed by atoms with Crippen molar-refractivity contribution in [1.29, 1.82) is 0 Å². The minimum absolute atomic E-state index is 0.0313. The SMILES string of the molecule is CCN(CC)C(=O)Nc1nnc(C2CC(=O)N(c3ccc(C)c(Cl)c3)C2)s1. The van der Waals surface area contributed by atoms with Crippen molar-refractivity contribution >= 4 is 45.7 Å². The summed E-state index contributed by atoms with van der Waals surface area (Å²) < 4.78 is 0. The maximum Gasteiger partial charge on any atom is 0.323 e. The molecule has 1 aromatic heterocycles. The van der Waals surface area contributed by atoms with Gasteiger partial charge in [0.25, 0.3) is 0 Å². The van der Waals surface area contributed by atoms with Crippen molar-refractivity contribution in [2.45, 2.75) is 33.1 Å². The summed E-state index contributed by atoms with van der Waals surface area (Å²) in [5, 5.41) is 12.9. The molecule has 1 aliphatic heterocycles. The Morgan fingerprint density at radius 1 is 1.37 bits per heavy atom. The van der Waals surface area contributed by atoms with Gasteiger partial charge in [0.2, 0.25) is 11.0 Å². The van der Waals surface area contributed by atoms with E-state index >= 15 is 0 Å². The standard InChI is InChI=1S/C18H22ClN5O2S/c1-4-23(5-2)18(26)20-17-22-21-16(27-17)12-8-15(25)24(10-12)13-7-6-11(3)14(19)9-13/h6-7,9,12H,4-5,8,10H2,1-3H3,(H,20,22,26). The van der Waals surface area contributed by atoms with Crippen LogP contribution >= 0.6 is 22.9 Å². The highest BCUT2D eigenvalue weighted by atomic mass is 35.5. The first-order valence-corrected chi connectivity index (χ1v) is 10.1. The number of halogens is 1. The van der Waals surface area contributed by atoms with Gasteiger partial charge in [-0.25, -0.2) is 4.79 Å². The van der Waals surface area contributed by atoms with Crippen molar-refractivity contribution in [1.82, 2.24) is 15.1 Å². The number of benzene rings is 1. The number of aromatic nitrogens is 2. The highest BCUT2D eigenvalue weighted by Crippen LogP contribution is 2.35. The van der Waals surface area contributed by atoms with E-state index in [0.29, 0.717) is 36.2 Å². The number of carbonyl (C=O) groups excluding carboxylic acids is 2. The summed E-state index contributed by atoms with van der Waals surface area (Å²) in [4.78, 5) is 28.0. The molecule has 144 valence electrons. The summed E-state index contributed by atoms with van der Waals surface area (Å²) in [6, 6.07) is 5.43. The molecule has 1 aliphatic rings. The average Bonchev–Trinajstić information content (AvgIpc) is 3.25. The lowest BCUT2D eigenvalue weighted by molar-refractivity contribution is -0.117. The second-order valence-electron chi connectivity index (χ2n) is 6.39. The van der Waals surface area contributed by atoms with Gasteiger partial charge in [-0.05, 0) is 38.5 Å². The molecule has 2 heterocycles. The zero-order chi connectivity index (χ0) is 19.6. The zero-order valence-electron chi connectivity index (χ0n) is 15.5. The average molecular weight is 408 g/mol. The molecule has 27 heavy (non-hydrogen) atoms. The summed E-state index contributed by atoms with van der Waals surface area (Å²) in [5.41, 5.74) is 1.76. The first-order valence-electron chi connectivity index (χ1n) is 8.88. The van der Waals surface area contributed by atoms with Crippen molar-refractivity contribution in [2.75, 3.05) is 29.9 Å². The van der Waals surface area contributed by atoms with Crippen molar-refractivity contribution in [3.8, 4) is 0 Å². The molecule has 2 aromatic rings. The van der Waals surface area contributed by atoms with Crippen LogP contribution in [0.25, 0.3) is 0 Å². The van der Waals surface area contributed by atoms with E-state index < -0.39 is 0 Å².